The van der Waals surface area contributed by atoms with E-state index in [4.69, 9.17) is 16.0 Å². The largest absolute Gasteiger partial charge is 0.445 e. The van der Waals surface area contributed by atoms with E-state index in [0.717, 1.165) is 36.5 Å². The maximum atomic E-state index is 6.10. The molecule has 2 nitrogen and oxygen atoms in total. The summed E-state index contributed by atoms with van der Waals surface area (Å²) in [6.45, 7) is 0. The van der Waals surface area contributed by atoms with Crippen molar-refractivity contribution in [1.82, 2.24) is 4.98 Å². The molecule has 4 bridgehead atoms. The number of halogens is 1. The molecule has 0 spiro atoms. The molecule has 1 aromatic heterocycles. The van der Waals surface area contributed by atoms with Crippen molar-refractivity contribution in [3.8, 4) is 0 Å². The van der Waals surface area contributed by atoms with Gasteiger partial charge < -0.3 is 4.42 Å². The van der Waals surface area contributed by atoms with Crippen LogP contribution in [0.3, 0.4) is 0 Å². The van der Waals surface area contributed by atoms with Gasteiger partial charge in [-0.2, -0.15) is 0 Å². The van der Waals surface area contributed by atoms with E-state index in [1.807, 2.05) is 6.20 Å². The molecule has 0 aromatic carbocycles. The average molecular weight is 280 g/mol. The molecule has 0 atom stereocenters. The minimum absolute atomic E-state index is 0.348. The highest BCUT2D eigenvalue weighted by molar-refractivity contribution is 6.17. The van der Waals surface area contributed by atoms with E-state index in [0.29, 0.717) is 11.3 Å². The zero-order valence-corrected chi connectivity index (χ0v) is 12.2. The molecule has 4 fully saturated rings. The summed E-state index contributed by atoms with van der Waals surface area (Å²) in [6.07, 6.45) is 12.4. The number of aryl methyl sites for hydroxylation is 1. The van der Waals surface area contributed by atoms with Crippen LogP contribution in [0.15, 0.2) is 10.6 Å². The standard InChI is InChI=1S/C16H22ClNO/c17-3-1-2-15-18-10-14(19-15)16-7-11-4-12(8-16)6-13(5-11)9-16/h10-13H,1-9H2. The minimum Gasteiger partial charge on any atom is -0.445 e. The Hall–Kier alpha value is -0.500. The van der Waals surface area contributed by atoms with Crippen molar-refractivity contribution in [1.29, 1.82) is 0 Å². The van der Waals surface area contributed by atoms with E-state index in [2.05, 4.69) is 4.98 Å². The van der Waals surface area contributed by atoms with Crippen molar-refractivity contribution in [3.05, 3.63) is 17.8 Å². The summed E-state index contributed by atoms with van der Waals surface area (Å²) in [7, 11) is 0. The Morgan fingerprint density at radius 3 is 2.37 bits per heavy atom. The second-order valence-electron chi connectivity index (χ2n) is 7.11. The summed E-state index contributed by atoms with van der Waals surface area (Å²) in [5, 5.41) is 0. The van der Waals surface area contributed by atoms with Crippen LogP contribution in [0, 0.1) is 17.8 Å². The number of alkyl halides is 1. The second kappa shape index (κ2) is 4.51. The zero-order valence-electron chi connectivity index (χ0n) is 11.4. The van der Waals surface area contributed by atoms with Gasteiger partial charge in [0.2, 0.25) is 0 Å². The van der Waals surface area contributed by atoms with Gasteiger partial charge in [-0.05, 0) is 62.7 Å². The molecule has 0 unspecified atom stereocenters. The summed E-state index contributed by atoms with van der Waals surface area (Å²) < 4.78 is 6.10. The van der Waals surface area contributed by atoms with Gasteiger partial charge in [0.05, 0.1) is 6.20 Å². The second-order valence-corrected chi connectivity index (χ2v) is 7.49. The molecule has 0 N–H and O–H groups in total. The molecule has 1 heterocycles. The van der Waals surface area contributed by atoms with Crippen LogP contribution in [0.2, 0.25) is 0 Å². The lowest BCUT2D eigenvalue weighted by atomic mass is 9.49. The van der Waals surface area contributed by atoms with E-state index in [9.17, 15) is 0 Å². The molecule has 104 valence electrons. The van der Waals surface area contributed by atoms with Crippen LogP contribution in [-0.4, -0.2) is 10.9 Å². The Bertz CT molecular complexity index is 432. The number of oxazole rings is 1. The van der Waals surface area contributed by atoms with Gasteiger partial charge in [0.15, 0.2) is 5.89 Å². The van der Waals surface area contributed by atoms with Gasteiger partial charge in [0, 0.05) is 17.7 Å². The third-order valence-corrected chi connectivity index (χ3v) is 5.91. The van der Waals surface area contributed by atoms with Gasteiger partial charge in [-0.15, -0.1) is 11.6 Å². The highest BCUT2D eigenvalue weighted by Crippen LogP contribution is 2.60. The normalized spacial score (nSPS) is 39.9. The first-order valence-electron chi connectivity index (χ1n) is 7.78. The molecule has 1 aromatic rings. The first-order valence-corrected chi connectivity index (χ1v) is 8.32. The van der Waals surface area contributed by atoms with E-state index >= 15 is 0 Å². The molecule has 0 saturated heterocycles. The topological polar surface area (TPSA) is 26.0 Å². The Labute approximate surface area is 119 Å². The maximum Gasteiger partial charge on any atom is 0.194 e. The summed E-state index contributed by atoms with van der Waals surface area (Å²) in [5.74, 6) is 5.66. The van der Waals surface area contributed by atoms with Crippen molar-refractivity contribution < 1.29 is 4.42 Å². The monoisotopic (exact) mass is 279 g/mol. The Balaban J connectivity index is 1.59. The lowest BCUT2D eigenvalue weighted by molar-refractivity contribution is -0.0156. The Morgan fingerprint density at radius 1 is 1.16 bits per heavy atom. The highest BCUT2D eigenvalue weighted by Gasteiger charge is 2.53. The van der Waals surface area contributed by atoms with Crippen LogP contribution in [-0.2, 0) is 11.8 Å². The van der Waals surface area contributed by atoms with Gasteiger partial charge in [-0.25, -0.2) is 4.98 Å². The zero-order chi connectivity index (χ0) is 12.9. The van der Waals surface area contributed by atoms with Crippen molar-refractivity contribution in [2.75, 3.05) is 5.88 Å². The molecular weight excluding hydrogens is 258 g/mol. The quantitative estimate of drug-likeness (QED) is 0.768. The van der Waals surface area contributed by atoms with Crippen LogP contribution < -0.4 is 0 Å². The third-order valence-electron chi connectivity index (χ3n) is 5.64. The fourth-order valence-corrected chi connectivity index (χ4v) is 5.44. The first kappa shape index (κ1) is 12.3. The first-order chi connectivity index (χ1) is 9.27. The highest BCUT2D eigenvalue weighted by atomic mass is 35.5. The molecular formula is C16H22ClNO. The fourth-order valence-electron chi connectivity index (χ4n) is 5.30. The fraction of sp³-hybridized carbons (Fsp3) is 0.812. The Morgan fingerprint density at radius 2 is 1.79 bits per heavy atom. The van der Waals surface area contributed by atoms with Crippen LogP contribution in [0.25, 0.3) is 0 Å². The predicted molar refractivity (Wildman–Crippen MR) is 75.4 cm³/mol. The van der Waals surface area contributed by atoms with Crippen LogP contribution in [0.1, 0.15) is 56.6 Å². The van der Waals surface area contributed by atoms with Gasteiger partial charge >= 0.3 is 0 Å². The minimum atomic E-state index is 0.348. The number of aromatic nitrogens is 1. The van der Waals surface area contributed by atoms with E-state index < -0.39 is 0 Å². The van der Waals surface area contributed by atoms with Gasteiger partial charge in [-0.1, -0.05) is 0 Å². The molecule has 0 aliphatic heterocycles. The summed E-state index contributed by atoms with van der Waals surface area (Å²) in [4.78, 5) is 4.49. The lowest BCUT2D eigenvalue weighted by Gasteiger charge is -2.55. The lowest BCUT2D eigenvalue weighted by Crippen LogP contribution is -2.48. The predicted octanol–water partition coefficient (Wildman–Crippen LogP) is 4.31. The van der Waals surface area contributed by atoms with E-state index in [-0.39, 0.29) is 0 Å². The summed E-state index contributed by atoms with van der Waals surface area (Å²) in [6, 6.07) is 0. The van der Waals surface area contributed by atoms with E-state index in [1.54, 1.807) is 0 Å². The van der Waals surface area contributed by atoms with Crippen molar-refractivity contribution in [3.63, 3.8) is 0 Å². The number of nitrogens with zero attached hydrogens (tertiary/aromatic N) is 1. The third kappa shape index (κ3) is 2.03. The molecule has 4 saturated carbocycles. The van der Waals surface area contributed by atoms with Crippen molar-refractivity contribution >= 4 is 11.6 Å². The van der Waals surface area contributed by atoms with Crippen LogP contribution in [0.5, 0.6) is 0 Å². The van der Waals surface area contributed by atoms with Gasteiger partial charge in [-0.3, -0.25) is 0 Å². The number of hydrogen-bond donors (Lipinski definition) is 0. The number of hydrogen-bond acceptors (Lipinski definition) is 2. The molecule has 3 heteroatoms. The van der Waals surface area contributed by atoms with Gasteiger partial charge in [0.25, 0.3) is 0 Å². The Kier molecular flexibility index (Phi) is 2.91. The smallest absolute Gasteiger partial charge is 0.194 e. The maximum absolute atomic E-state index is 6.10. The molecule has 0 amide bonds. The number of rotatable bonds is 4. The van der Waals surface area contributed by atoms with Crippen LogP contribution in [0.4, 0.5) is 0 Å². The van der Waals surface area contributed by atoms with Crippen molar-refractivity contribution in [2.45, 2.75) is 56.8 Å². The van der Waals surface area contributed by atoms with E-state index in [1.165, 1.54) is 44.3 Å². The molecule has 19 heavy (non-hydrogen) atoms. The van der Waals surface area contributed by atoms with Gasteiger partial charge in [0.1, 0.15) is 5.76 Å². The summed E-state index contributed by atoms with van der Waals surface area (Å²) >= 11 is 5.75. The summed E-state index contributed by atoms with van der Waals surface area (Å²) in [5.41, 5.74) is 0.348. The molecule has 4 aliphatic rings. The molecule has 4 aliphatic carbocycles. The van der Waals surface area contributed by atoms with Crippen molar-refractivity contribution in [2.24, 2.45) is 17.8 Å². The molecule has 0 radical (unpaired) electrons. The van der Waals surface area contributed by atoms with Crippen LogP contribution >= 0.6 is 11.6 Å². The average Bonchev–Trinajstić information content (AvgIpc) is 2.84. The SMILES string of the molecule is ClCCCc1ncc(C23CC4CC(CC(C4)C2)C3)o1. The molecule has 5 rings (SSSR count).